The molecule has 112 valence electrons. The van der Waals surface area contributed by atoms with Gasteiger partial charge in [0, 0.05) is 18.5 Å². The molecule has 0 aliphatic heterocycles. The topological polar surface area (TPSA) is 55.4 Å². The van der Waals surface area contributed by atoms with Gasteiger partial charge in [0.1, 0.15) is 5.75 Å². The molecule has 0 spiro atoms. The molecule has 0 fully saturated rings. The summed E-state index contributed by atoms with van der Waals surface area (Å²) < 4.78 is 28.1. The molecule has 2 aromatic rings. The third-order valence-electron chi connectivity index (χ3n) is 3.20. The second-order valence-electron chi connectivity index (χ2n) is 4.79. The highest BCUT2D eigenvalue weighted by atomic mass is 32.2. The van der Waals surface area contributed by atoms with Crippen LogP contribution >= 0.6 is 0 Å². The maximum atomic E-state index is 11.4. The average molecular weight is 305 g/mol. The summed E-state index contributed by atoms with van der Waals surface area (Å²) in [5.74, 6) is 0.881. The number of hydrogen-bond donors (Lipinski definition) is 1. The van der Waals surface area contributed by atoms with Crippen LogP contribution in [0, 0.1) is 0 Å². The number of rotatable bonds is 6. The normalized spacial score (nSPS) is 11.1. The Hall–Kier alpha value is -2.01. The monoisotopic (exact) mass is 305 g/mol. The number of anilines is 1. The molecule has 0 aliphatic carbocycles. The lowest BCUT2D eigenvalue weighted by Crippen LogP contribution is -2.06. The van der Waals surface area contributed by atoms with Gasteiger partial charge in [0.25, 0.3) is 0 Å². The van der Waals surface area contributed by atoms with Crippen LogP contribution in [0.25, 0.3) is 0 Å². The molecule has 4 nitrogen and oxygen atoms in total. The molecule has 2 aromatic carbocycles. The summed E-state index contributed by atoms with van der Waals surface area (Å²) >= 11 is 0. The summed E-state index contributed by atoms with van der Waals surface area (Å²) in [5, 5.41) is 3.27. The minimum Gasteiger partial charge on any atom is -0.496 e. The number of sulfone groups is 1. The van der Waals surface area contributed by atoms with E-state index >= 15 is 0 Å². The minimum absolute atomic E-state index is 0.331. The van der Waals surface area contributed by atoms with E-state index in [0.717, 1.165) is 30.0 Å². The van der Waals surface area contributed by atoms with E-state index in [1.165, 1.54) is 6.26 Å². The van der Waals surface area contributed by atoms with Crippen LogP contribution in [-0.4, -0.2) is 28.3 Å². The number of para-hydroxylation sites is 1. The van der Waals surface area contributed by atoms with E-state index in [1.807, 2.05) is 24.3 Å². The van der Waals surface area contributed by atoms with Crippen LogP contribution in [0.4, 0.5) is 5.69 Å². The van der Waals surface area contributed by atoms with Gasteiger partial charge >= 0.3 is 0 Å². The third kappa shape index (κ3) is 4.23. The molecule has 0 heterocycles. The van der Waals surface area contributed by atoms with E-state index < -0.39 is 9.84 Å². The molecule has 0 bridgehead atoms. The zero-order valence-electron chi connectivity index (χ0n) is 12.2. The predicted octanol–water partition coefficient (Wildman–Crippen LogP) is 2.75. The maximum Gasteiger partial charge on any atom is 0.175 e. The predicted molar refractivity (Wildman–Crippen MR) is 84.7 cm³/mol. The Kier molecular flexibility index (Phi) is 4.85. The van der Waals surface area contributed by atoms with Crippen molar-refractivity contribution in [1.82, 2.24) is 0 Å². The molecule has 0 aromatic heterocycles. The molecule has 0 amide bonds. The first-order valence-corrected chi connectivity index (χ1v) is 8.56. The van der Waals surface area contributed by atoms with Crippen LogP contribution in [0.3, 0.4) is 0 Å². The first kappa shape index (κ1) is 15.4. The molecule has 0 saturated heterocycles. The van der Waals surface area contributed by atoms with Gasteiger partial charge in [-0.3, -0.25) is 0 Å². The highest BCUT2D eigenvalue weighted by Gasteiger charge is 2.06. The van der Waals surface area contributed by atoms with Gasteiger partial charge in [0.15, 0.2) is 9.84 Å². The molecule has 21 heavy (non-hydrogen) atoms. The molecule has 0 saturated carbocycles. The lowest BCUT2D eigenvalue weighted by atomic mass is 10.1. The quantitative estimate of drug-likeness (QED) is 0.891. The molecule has 1 N–H and O–H groups in total. The SMILES string of the molecule is COc1ccccc1CCNc1ccc(S(C)(=O)=O)cc1. The van der Waals surface area contributed by atoms with Gasteiger partial charge in [0.2, 0.25) is 0 Å². The summed E-state index contributed by atoms with van der Waals surface area (Å²) in [6.45, 7) is 0.749. The standard InChI is InChI=1S/C16H19NO3S/c1-20-16-6-4-3-5-13(16)11-12-17-14-7-9-15(10-8-14)21(2,18)19/h3-10,17H,11-12H2,1-2H3. The van der Waals surface area contributed by atoms with E-state index in [1.54, 1.807) is 31.4 Å². The fourth-order valence-electron chi connectivity index (χ4n) is 2.07. The molecule has 0 radical (unpaired) electrons. The molecule has 0 unspecified atom stereocenters. The minimum atomic E-state index is -3.14. The van der Waals surface area contributed by atoms with Crippen LogP contribution in [0.2, 0.25) is 0 Å². The van der Waals surface area contributed by atoms with E-state index in [4.69, 9.17) is 4.74 Å². The van der Waals surface area contributed by atoms with Gasteiger partial charge in [-0.1, -0.05) is 18.2 Å². The Labute approximate surface area is 125 Å². The average Bonchev–Trinajstić information content (AvgIpc) is 2.47. The Morgan fingerprint density at radius 2 is 1.71 bits per heavy atom. The van der Waals surface area contributed by atoms with Gasteiger partial charge in [-0.25, -0.2) is 8.42 Å². The van der Waals surface area contributed by atoms with Crippen LogP contribution < -0.4 is 10.1 Å². The van der Waals surface area contributed by atoms with Crippen LogP contribution in [0.1, 0.15) is 5.56 Å². The summed E-state index contributed by atoms with van der Waals surface area (Å²) in [7, 11) is -1.47. The molecule has 2 rings (SSSR count). The fourth-order valence-corrected chi connectivity index (χ4v) is 2.70. The summed E-state index contributed by atoms with van der Waals surface area (Å²) in [6.07, 6.45) is 2.04. The first-order valence-electron chi connectivity index (χ1n) is 6.66. The summed E-state index contributed by atoms with van der Waals surface area (Å²) in [6, 6.07) is 14.7. The van der Waals surface area contributed by atoms with E-state index in [2.05, 4.69) is 5.32 Å². The van der Waals surface area contributed by atoms with Crippen molar-refractivity contribution in [3.63, 3.8) is 0 Å². The number of ether oxygens (including phenoxy) is 1. The number of hydrogen-bond acceptors (Lipinski definition) is 4. The number of methoxy groups -OCH3 is 1. The summed E-state index contributed by atoms with van der Waals surface area (Å²) in [5.41, 5.74) is 2.04. The maximum absolute atomic E-state index is 11.4. The Bertz CT molecular complexity index is 694. The van der Waals surface area contributed by atoms with E-state index in [-0.39, 0.29) is 0 Å². The highest BCUT2D eigenvalue weighted by molar-refractivity contribution is 7.90. The molecular weight excluding hydrogens is 286 g/mol. The molecule has 5 heteroatoms. The van der Waals surface area contributed by atoms with Gasteiger partial charge in [-0.15, -0.1) is 0 Å². The van der Waals surface area contributed by atoms with Crippen molar-refractivity contribution in [2.45, 2.75) is 11.3 Å². The lowest BCUT2D eigenvalue weighted by Gasteiger charge is -2.10. The van der Waals surface area contributed by atoms with Gasteiger partial charge < -0.3 is 10.1 Å². The number of benzene rings is 2. The Morgan fingerprint density at radius 3 is 2.33 bits per heavy atom. The van der Waals surface area contributed by atoms with Crippen LogP contribution in [0.5, 0.6) is 5.75 Å². The fraction of sp³-hybridized carbons (Fsp3) is 0.250. The van der Waals surface area contributed by atoms with Crippen molar-refractivity contribution in [3.05, 3.63) is 54.1 Å². The van der Waals surface area contributed by atoms with Gasteiger partial charge in [0.05, 0.1) is 12.0 Å². The molecule has 0 aliphatic rings. The van der Waals surface area contributed by atoms with E-state index in [9.17, 15) is 8.42 Å². The highest BCUT2D eigenvalue weighted by Crippen LogP contribution is 2.18. The second kappa shape index (κ2) is 6.63. The van der Waals surface area contributed by atoms with Crippen molar-refractivity contribution in [2.24, 2.45) is 0 Å². The van der Waals surface area contributed by atoms with Crippen molar-refractivity contribution in [3.8, 4) is 5.75 Å². The largest absolute Gasteiger partial charge is 0.496 e. The zero-order valence-corrected chi connectivity index (χ0v) is 13.0. The number of nitrogens with one attached hydrogen (secondary N) is 1. The first-order chi connectivity index (χ1) is 10.0. The van der Waals surface area contributed by atoms with E-state index in [0.29, 0.717) is 4.90 Å². The Morgan fingerprint density at radius 1 is 1.05 bits per heavy atom. The lowest BCUT2D eigenvalue weighted by molar-refractivity contribution is 0.410. The third-order valence-corrected chi connectivity index (χ3v) is 4.33. The zero-order chi connectivity index (χ0) is 15.3. The van der Waals surface area contributed by atoms with Crippen molar-refractivity contribution in [2.75, 3.05) is 25.2 Å². The van der Waals surface area contributed by atoms with Gasteiger partial charge in [-0.05, 0) is 42.3 Å². The van der Waals surface area contributed by atoms with Crippen LogP contribution in [-0.2, 0) is 16.3 Å². The molecular formula is C16H19NO3S. The van der Waals surface area contributed by atoms with Crippen molar-refractivity contribution < 1.29 is 13.2 Å². The van der Waals surface area contributed by atoms with Crippen LogP contribution in [0.15, 0.2) is 53.4 Å². The smallest absolute Gasteiger partial charge is 0.175 e. The summed E-state index contributed by atoms with van der Waals surface area (Å²) in [4.78, 5) is 0.331. The second-order valence-corrected chi connectivity index (χ2v) is 6.80. The van der Waals surface area contributed by atoms with Gasteiger partial charge in [-0.2, -0.15) is 0 Å². The molecule has 0 atom stereocenters. The van der Waals surface area contributed by atoms with Crippen molar-refractivity contribution in [1.29, 1.82) is 0 Å². The van der Waals surface area contributed by atoms with Crippen molar-refractivity contribution >= 4 is 15.5 Å². The Balaban J connectivity index is 1.95.